The molecule has 0 spiro atoms. The van der Waals surface area contributed by atoms with Crippen LogP contribution in [0.4, 0.5) is 0 Å². The number of hydrogen-bond acceptors (Lipinski definition) is 6. The summed E-state index contributed by atoms with van der Waals surface area (Å²) >= 11 is 19.5. The number of carbonyl (C=O) groups is 2. The summed E-state index contributed by atoms with van der Waals surface area (Å²) in [7, 11) is 0. The van der Waals surface area contributed by atoms with Crippen molar-refractivity contribution in [1.29, 1.82) is 0 Å². The Hall–Kier alpha value is -2.45. The average molecular weight is 555 g/mol. The summed E-state index contributed by atoms with van der Waals surface area (Å²) in [5.74, 6) is -0.980. The van der Waals surface area contributed by atoms with Crippen LogP contribution in [0.15, 0.2) is 57.6 Å². The minimum absolute atomic E-state index is 0.108. The van der Waals surface area contributed by atoms with Gasteiger partial charge in [0.1, 0.15) is 28.7 Å². The lowest BCUT2D eigenvalue weighted by molar-refractivity contribution is -0.138. The van der Waals surface area contributed by atoms with E-state index in [4.69, 9.17) is 44.3 Å². The summed E-state index contributed by atoms with van der Waals surface area (Å²) in [5, 5.41) is 12.2. The molecule has 0 saturated heterocycles. The number of thioether (sulfide) groups is 1. The zero-order valence-corrected chi connectivity index (χ0v) is 22.0. The molecule has 1 amide bonds. The van der Waals surface area contributed by atoms with Crippen molar-refractivity contribution in [2.45, 2.75) is 33.3 Å². The number of benzene rings is 2. The Labute approximate surface area is 222 Å². The van der Waals surface area contributed by atoms with E-state index in [0.717, 1.165) is 17.3 Å². The van der Waals surface area contributed by atoms with Crippen LogP contribution in [0, 0.1) is 0 Å². The predicted molar refractivity (Wildman–Crippen MR) is 141 cm³/mol. The molecule has 0 radical (unpaired) electrons. The van der Waals surface area contributed by atoms with Gasteiger partial charge in [-0.25, -0.2) is 9.79 Å². The Bertz CT molecular complexity index is 1240. The fourth-order valence-electron chi connectivity index (χ4n) is 3.04. The third-order valence-corrected chi connectivity index (χ3v) is 6.61. The summed E-state index contributed by atoms with van der Waals surface area (Å²) in [5.41, 5.74) is 1.27. The molecule has 2 aromatic rings. The van der Waals surface area contributed by atoms with E-state index < -0.39 is 5.97 Å². The van der Waals surface area contributed by atoms with E-state index in [1.165, 1.54) is 0 Å². The van der Waals surface area contributed by atoms with Crippen LogP contribution >= 0.6 is 46.6 Å². The van der Waals surface area contributed by atoms with Crippen LogP contribution in [0.2, 0.25) is 15.1 Å². The molecule has 2 aromatic carbocycles. The number of hydrogen-bond donors (Lipinski definition) is 1. The number of nitrogens with zero attached hydrogens (tertiary/aromatic N) is 1. The highest BCUT2D eigenvalue weighted by atomic mass is 35.5. The van der Waals surface area contributed by atoms with Gasteiger partial charge in [-0.3, -0.25) is 4.79 Å². The molecule has 1 aliphatic heterocycles. The van der Waals surface area contributed by atoms with Crippen molar-refractivity contribution in [3.8, 4) is 5.75 Å². The summed E-state index contributed by atoms with van der Waals surface area (Å²) in [6, 6.07) is 10.2. The predicted octanol–water partition coefficient (Wildman–Crippen LogP) is 7.41. The molecule has 10 heteroatoms. The van der Waals surface area contributed by atoms with Gasteiger partial charge < -0.3 is 14.6 Å². The Kier molecular flexibility index (Phi) is 9.69. The number of esters is 1. The van der Waals surface area contributed by atoms with E-state index in [-0.39, 0.29) is 41.9 Å². The molecule has 0 bridgehead atoms. The van der Waals surface area contributed by atoms with Crippen LogP contribution in [0.5, 0.6) is 5.75 Å². The van der Waals surface area contributed by atoms with Gasteiger partial charge in [0.2, 0.25) is 5.91 Å². The zero-order valence-electron chi connectivity index (χ0n) is 18.9. The van der Waals surface area contributed by atoms with Crippen LogP contribution in [0.3, 0.4) is 0 Å². The second-order valence-corrected chi connectivity index (χ2v) is 9.61. The van der Waals surface area contributed by atoms with Gasteiger partial charge in [-0.15, -0.1) is 0 Å². The first-order valence-corrected chi connectivity index (χ1v) is 12.7. The lowest BCUT2D eigenvalue weighted by atomic mass is 10.1. The van der Waals surface area contributed by atoms with Crippen LogP contribution < -0.4 is 4.74 Å². The van der Waals surface area contributed by atoms with Gasteiger partial charge in [-0.05, 0) is 49.2 Å². The van der Waals surface area contributed by atoms with Crippen LogP contribution in [-0.2, 0) is 20.9 Å². The first-order valence-electron chi connectivity index (χ1n) is 10.7. The topological polar surface area (TPSA) is 85.2 Å². The highest BCUT2D eigenvalue weighted by molar-refractivity contribution is 8.18. The van der Waals surface area contributed by atoms with E-state index in [9.17, 15) is 14.7 Å². The molecule has 1 aliphatic rings. The number of aliphatic hydroxyl groups is 1. The van der Waals surface area contributed by atoms with Gasteiger partial charge in [-0.2, -0.15) is 0 Å². The molecule has 0 atom stereocenters. The van der Waals surface area contributed by atoms with E-state index in [2.05, 4.69) is 4.99 Å². The average Bonchev–Trinajstić information content (AvgIpc) is 3.09. The van der Waals surface area contributed by atoms with E-state index in [1.807, 2.05) is 6.92 Å². The van der Waals surface area contributed by atoms with Crippen molar-refractivity contribution in [2.75, 3.05) is 6.61 Å². The maximum atomic E-state index is 12.4. The standard InChI is InChI=1S/C25H22Cl3NO5S/c1-3-5-21(30)29-24-22(25(32)33-4-2)23(31)20(35-24)11-14-6-9-19(18(28)10-14)34-13-15-7-8-16(26)12-17(15)27/h6-12,31H,3-5,13H2,1-2H3/b20-11-,29-24?. The molecule has 0 aromatic heterocycles. The maximum absolute atomic E-state index is 12.4. The van der Waals surface area contributed by atoms with Crippen LogP contribution in [0.25, 0.3) is 6.08 Å². The largest absolute Gasteiger partial charge is 0.506 e. The summed E-state index contributed by atoms with van der Waals surface area (Å²) in [4.78, 5) is 28.8. The molecule has 1 N–H and O–H groups in total. The molecular formula is C25H22Cl3NO5S. The number of aliphatic hydroxyl groups excluding tert-OH is 1. The third-order valence-electron chi connectivity index (χ3n) is 4.71. The number of amides is 1. The van der Waals surface area contributed by atoms with E-state index in [0.29, 0.717) is 37.7 Å². The molecule has 3 rings (SSSR count). The Morgan fingerprint density at radius 3 is 2.51 bits per heavy atom. The first kappa shape index (κ1) is 27.1. The second kappa shape index (κ2) is 12.5. The van der Waals surface area contributed by atoms with Gasteiger partial charge in [0.05, 0.1) is 16.5 Å². The fraction of sp³-hybridized carbons (Fsp3) is 0.240. The summed E-state index contributed by atoms with van der Waals surface area (Å²) in [6.07, 6.45) is 2.49. The van der Waals surface area contributed by atoms with Crippen LogP contribution in [0.1, 0.15) is 37.8 Å². The van der Waals surface area contributed by atoms with Crippen LogP contribution in [-0.4, -0.2) is 28.6 Å². The molecule has 0 saturated carbocycles. The molecule has 0 fully saturated rings. The second-order valence-electron chi connectivity index (χ2n) is 7.33. The SMILES string of the molecule is CCCC(=O)N=C1S/C(=C\c2ccc(OCc3ccc(Cl)cc3Cl)c(Cl)c2)C(O)=C1C(=O)OCC. The van der Waals surface area contributed by atoms with E-state index >= 15 is 0 Å². The van der Waals surface area contributed by atoms with Gasteiger partial charge in [0.15, 0.2) is 0 Å². The molecule has 6 nitrogen and oxygen atoms in total. The monoisotopic (exact) mass is 553 g/mol. The Morgan fingerprint density at radius 1 is 1.09 bits per heavy atom. The fourth-order valence-corrected chi connectivity index (χ4v) is 4.78. The highest BCUT2D eigenvalue weighted by Crippen LogP contribution is 2.40. The Morgan fingerprint density at radius 2 is 1.86 bits per heavy atom. The van der Waals surface area contributed by atoms with Crippen molar-refractivity contribution >= 4 is 69.6 Å². The van der Waals surface area contributed by atoms with Gasteiger partial charge >= 0.3 is 5.97 Å². The minimum atomic E-state index is -0.744. The third kappa shape index (κ3) is 7.04. The lowest BCUT2D eigenvalue weighted by Crippen LogP contribution is -2.14. The molecule has 35 heavy (non-hydrogen) atoms. The van der Waals surface area contributed by atoms with Crippen molar-refractivity contribution in [1.82, 2.24) is 0 Å². The van der Waals surface area contributed by atoms with E-state index in [1.54, 1.807) is 49.4 Å². The van der Waals surface area contributed by atoms with Crippen molar-refractivity contribution < 1.29 is 24.2 Å². The minimum Gasteiger partial charge on any atom is -0.506 e. The van der Waals surface area contributed by atoms with Gasteiger partial charge in [0.25, 0.3) is 0 Å². The van der Waals surface area contributed by atoms with Crippen molar-refractivity contribution in [3.63, 3.8) is 0 Å². The number of aliphatic imine (C=N–C) groups is 1. The zero-order chi connectivity index (χ0) is 25.5. The highest BCUT2D eigenvalue weighted by Gasteiger charge is 2.33. The number of carbonyl (C=O) groups excluding carboxylic acids is 2. The maximum Gasteiger partial charge on any atom is 0.344 e. The smallest absolute Gasteiger partial charge is 0.344 e. The van der Waals surface area contributed by atoms with Crippen molar-refractivity contribution in [3.05, 3.63) is 78.8 Å². The Balaban J connectivity index is 1.84. The van der Waals surface area contributed by atoms with Crippen molar-refractivity contribution in [2.24, 2.45) is 4.99 Å². The summed E-state index contributed by atoms with van der Waals surface area (Å²) < 4.78 is 10.8. The molecule has 1 heterocycles. The van der Waals surface area contributed by atoms with Gasteiger partial charge in [-0.1, -0.05) is 65.6 Å². The molecular weight excluding hydrogens is 533 g/mol. The number of rotatable bonds is 8. The number of ether oxygens (including phenoxy) is 2. The number of halogens is 3. The molecule has 0 aliphatic carbocycles. The lowest BCUT2D eigenvalue weighted by Gasteiger charge is -2.10. The normalized spacial score (nSPS) is 15.7. The quantitative estimate of drug-likeness (QED) is 0.342. The summed E-state index contributed by atoms with van der Waals surface area (Å²) in [6.45, 7) is 3.82. The first-order chi connectivity index (χ1) is 16.7. The molecule has 0 unspecified atom stereocenters. The molecule has 184 valence electrons. The van der Waals surface area contributed by atoms with Gasteiger partial charge in [0, 0.05) is 22.0 Å².